The van der Waals surface area contributed by atoms with Gasteiger partial charge in [0.1, 0.15) is 40.4 Å². The standard InChI is InChI=1S/C20H16F2O2.C8H8Br2O2.C6H6BFO2.2CH4/c1-23-19-12-20(24-2)16(14-8-4-6-10-18(14)22)11-15(19)13-7-3-5-9-17(13)21;1-11-7-4-8(12-2)6(10)3-5(7)9;8-6-4-2-1-3-5(6)7(9)10;;/h3-12H,1-2H3;3-4H,1-2H3;1-4,9-10H;2*1H4. The van der Waals surface area contributed by atoms with Gasteiger partial charge in [0.15, 0.2) is 0 Å². The average molecular weight is 794 g/mol. The molecule has 48 heavy (non-hydrogen) atoms. The predicted molar refractivity (Wildman–Crippen MR) is 195 cm³/mol. The summed E-state index contributed by atoms with van der Waals surface area (Å²) in [5.41, 5.74) is 1.75. The highest BCUT2D eigenvalue weighted by atomic mass is 79.9. The molecule has 5 aromatic carbocycles. The molecule has 256 valence electrons. The summed E-state index contributed by atoms with van der Waals surface area (Å²) in [6.07, 6.45) is 0. The van der Waals surface area contributed by atoms with Crippen LogP contribution in [0.2, 0.25) is 0 Å². The van der Waals surface area contributed by atoms with Crippen molar-refractivity contribution in [1.82, 2.24) is 0 Å². The summed E-state index contributed by atoms with van der Waals surface area (Å²) in [7, 11) is 4.52. The highest BCUT2D eigenvalue weighted by Crippen LogP contribution is 2.42. The summed E-state index contributed by atoms with van der Waals surface area (Å²) in [5, 5.41) is 17.0. The van der Waals surface area contributed by atoms with Crippen molar-refractivity contribution in [1.29, 1.82) is 0 Å². The Morgan fingerprint density at radius 2 is 0.833 bits per heavy atom. The van der Waals surface area contributed by atoms with E-state index in [0.717, 1.165) is 20.4 Å². The van der Waals surface area contributed by atoms with E-state index in [-0.39, 0.29) is 32.0 Å². The Balaban J connectivity index is 0.000000403. The summed E-state index contributed by atoms with van der Waals surface area (Å²) < 4.78 is 63.7. The molecule has 12 heteroatoms. The zero-order valence-corrected chi connectivity index (χ0v) is 28.4. The molecule has 6 nitrogen and oxygen atoms in total. The first-order valence-electron chi connectivity index (χ1n) is 13.5. The zero-order chi connectivity index (χ0) is 33.8. The Kier molecular flexibility index (Phi) is 17.9. The number of hydrogen-bond donors (Lipinski definition) is 2. The second-order valence-corrected chi connectivity index (χ2v) is 10.9. The van der Waals surface area contributed by atoms with Gasteiger partial charge in [0.05, 0.1) is 37.4 Å². The molecule has 0 amide bonds. The monoisotopic (exact) mass is 792 g/mol. The van der Waals surface area contributed by atoms with Gasteiger partial charge in [-0.15, -0.1) is 0 Å². The minimum Gasteiger partial charge on any atom is -0.496 e. The molecule has 0 aliphatic carbocycles. The van der Waals surface area contributed by atoms with E-state index in [1.807, 2.05) is 12.1 Å². The summed E-state index contributed by atoms with van der Waals surface area (Å²) in [6.45, 7) is 0. The lowest BCUT2D eigenvalue weighted by molar-refractivity contribution is 0.391. The molecule has 0 fully saturated rings. The fraction of sp³-hybridized carbons (Fsp3) is 0.167. The lowest BCUT2D eigenvalue weighted by Crippen LogP contribution is -2.32. The molecule has 5 aromatic rings. The van der Waals surface area contributed by atoms with Gasteiger partial charge in [0.25, 0.3) is 0 Å². The fourth-order valence-corrected chi connectivity index (χ4v) is 5.50. The molecule has 0 aliphatic heterocycles. The van der Waals surface area contributed by atoms with Gasteiger partial charge in [0, 0.05) is 39.8 Å². The Hall–Kier alpha value is -3.97. The minimum atomic E-state index is -1.72. The topological polar surface area (TPSA) is 77.4 Å². The molecule has 0 heterocycles. The molecule has 0 atom stereocenters. The second kappa shape index (κ2) is 20.4. The second-order valence-electron chi connectivity index (χ2n) is 9.23. The summed E-state index contributed by atoms with van der Waals surface area (Å²) in [5.74, 6) is 1.08. The summed E-state index contributed by atoms with van der Waals surface area (Å²) in [6, 6.07) is 25.3. The smallest absolute Gasteiger partial charge is 0.491 e. The molecule has 5 rings (SSSR count). The molecule has 0 bridgehead atoms. The molecule has 0 unspecified atom stereocenters. The van der Waals surface area contributed by atoms with Gasteiger partial charge in [0.2, 0.25) is 0 Å². The van der Waals surface area contributed by atoms with Crippen LogP contribution in [-0.4, -0.2) is 45.6 Å². The van der Waals surface area contributed by atoms with Gasteiger partial charge in [-0.2, -0.15) is 0 Å². The Bertz CT molecular complexity index is 1660. The molecular formula is C36H38BBr2F3O6. The van der Waals surface area contributed by atoms with E-state index in [4.69, 9.17) is 29.0 Å². The zero-order valence-electron chi connectivity index (χ0n) is 25.2. The highest BCUT2D eigenvalue weighted by Gasteiger charge is 2.18. The van der Waals surface area contributed by atoms with Crippen LogP contribution in [0.1, 0.15) is 14.9 Å². The number of halogens is 5. The lowest BCUT2D eigenvalue weighted by atomic mass is 9.80. The third kappa shape index (κ3) is 10.8. The van der Waals surface area contributed by atoms with Gasteiger partial charge in [-0.05, 0) is 62.2 Å². The van der Waals surface area contributed by atoms with Crippen LogP contribution in [0.15, 0.2) is 106 Å². The van der Waals surface area contributed by atoms with Crippen LogP contribution in [0.4, 0.5) is 13.2 Å². The van der Waals surface area contributed by atoms with Crippen LogP contribution in [0.25, 0.3) is 22.3 Å². The van der Waals surface area contributed by atoms with E-state index in [2.05, 4.69) is 31.9 Å². The quantitative estimate of drug-likeness (QED) is 0.160. The predicted octanol–water partition coefficient (Wildman–Crippen LogP) is 9.32. The maximum atomic E-state index is 14.2. The van der Waals surface area contributed by atoms with Crippen LogP contribution >= 0.6 is 31.9 Å². The SMILES string of the molecule is C.C.COc1cc(OC)c(-c2ccccc2F)cc1-c1ccccc1F.COc1cc(OC)c(Br)cc1Br.OB(O)c1ccccc1F. The van der Waals surface area contributed by atoms with Crippen molar-refractivity contribution in [2.75, 3.05) is 28.4 Å². The van der Waals surface area contributed by atoms with Crippen molar-refractivity contribution in [3.63, 3.8) is 0 Å². The number of benzene rings is 5. The van der Waals surface area contributed by atoms with Gasteiger partial charge in [-0.3, -0.25) is 0 Å². The van der Waals surface area contributed by atoms with Gasteiger partial charge in [-0.1, -0.05) is 69.5 Å². The Morgan fingerprint density at radius 3 is 1.17 bits per heavy atom. The minimum absolute atomic E-state index is 0. The maximum absolute atomic E-state index is 14.2. The van der Waals surface area contributed by atoms with E-state index in [0.29, 0.717) is 33.8 Å². The first-order chi connectivity index (χ1) is 22.1. The molecule has 0 aliphatic rings. The lowest BCUT2D eigenvalue weighted by Gasteiger charge is -2.16. The van der Waals surface area contributed by atoms with Crippen LogP contribution in [0, 0.1) is 17.5 Å². The summed E-state index contributed by atoms with van der Waals surface area (Å²) >= 11 is 6.72. The number of methoxy groups -OCH3 is 4. The number of ether oxygens (including phenoxy) is 4. The third-order valence-electron chi connectivity index (χ3n) is 6.46. The van der Waals surface area contributed by atoms with Gasteiger partial charge < -0.3 is 29.0 Å². The van der Waals surface area contributed by atoms with Crippen molar-refractivity contribution in [2.24, 2.45) is 0 Å². The van der Waals surface area contributed by atoms with Crippen LogP contribution < -0.4 is 24.4 Å². The Morgan fingerprint density at radius 1 is 0.479 bits per heavy atom. The van der Waals surface area contributed by atoms with Crippen molar-refractivity contribution >= 4 is 44.4 Å². The normalized spacial score (nSPS) is 9.65. The van der Waals surface area contributed by atoms with E-state index in [1.54, 1.807) is 62.8 Å². The molecule has 0 saturated carbocycles. The molecule has 2 N–H and O–H groups in total. The van der Waals surface area contributed by atoms with Crippen molar-refractivity contribution < 1.29 is 42.2 Å². The summed E-state index contributed by atoms with van der Waals surface area (Å²) in [4.78, 5) is 0. The van der Waals surface area contributed by atoms with Gasteiger partial charge >= 0.3 is 7.12 Å². The van der Waals surface area contributed by atoms with Gasteiger partial charge in [-0.25, -0.2) is 13.2 Å². The van der Waals surface area contributed by atoms with Crippen LogP contribution in [-0.2, 0) is 0 Å². The van der Waals surface area contributed by atoms with E-state index >= 15 is 0 Å². The molecule has 0 radical (unpaired) electrons. The van der Waals surface area contributed by atoms with E-state index in [9.17, 15) is 13.2 Å². The maximum Gasteiger partial charge on any atom is 0.491 e. The molecule has 0 spiro atoms. The van der Waals surface area contributed by atoms with Crippen LogP contribution in [0.3, 0.4) is 0 Å². The van der Waals surface area contributed by atoms with E-state index < -0.39 is 12.9 Å². The Labute approximate surface area is 297 Å². The van der Waals surface area contributed by atoms with Crippen LogP contribution in [0.5, 0.6) is 23.0 Å². The highest BCUT2D eigenvalue weighted by molar-refractivity contribution is 9.11. The van der Waals surface area contributed by atoms with Crippen molar-refractivity contribution in [3.8, 4) is 45.3 Å². The van der Waals surface area contributed by atoms with Crippen molar-refractivity contribution in [3.05, 3.63) is 123 Å². The number of rotatable bonds is 7. The first kappa shape index (κ1) is 42.1. The average Bonchev–Trinajstić information content (AvgIpc) is 3.05. The molecule has 0 saturated heterocycles. The van der Waals surface area contributed by atoms with E-state index in [1.165, 1.54) is 50.6 Å². The fourth-order valence-electron chi connectivity index (χ4n) is 4.19. The third-order valence-corrected chi connectivity index (χ3v) is 7.70. The molecule has 0 aromatic heterocycles. The number of hydrogen-bond acceptors (Lipinski definition) is 6. The van der Waals surface area contributed by atoms with Crippen molar-refractivity contribution in [2.45, 2.75) is 14.9 Å². The largest absolute Gasteiger partial charge is 0.496 e. The molecular weight excluding hydrogens is 756 g/mol. The first-order valence-corrected chi connectivity index (χ1v) is 15.1.